The molecule has 0 aliphatic heterocycles. The normalized spacial score (nSPS) is 13.3. The number of nitrogens with one attached hydrogen (secondary N) is 1. The van der Waals surface area contributed by atoms with Crippen LogP contribution in [0.4, 0.5) is 11.4 Å². The van der Waals surface area contributed by atoms with Gasteiger partial charge in [0.05, 0.1) is 6.04 Å². The van der Waals surface area contributed by atoms with E-state index in [0.717, 1.165) is 17.8 Å². The number of anilines is 2. The molecule has 4 nitrogen and oxygen atoms in total. The molecule has 0 saturated carbocycles. The number of nitrogen functional groups attached to an aromatic ring is 1. The third kappa shape index (κ3) is 4.85. The van der Waals surface area contributed by atoms with Crippen molar-refractivity contribution < 1.29 is 4.79 Å². The minimum atomic E-state index is -0.185. The van der Waals surface area contributed by atoms with E-state index in [1.807, 2.05) is 33.0 Å². The maximum absolute atomic E-state index is 12.3. The van der Waals surface area contributed by atoms with E-state index >= 15 is 0 Å². The molecule has 0 saturated heterocycles. The molecule has 0 aliphatic carbocycles. The van der Waals surface area contributed by atoms with Crippen molar-refractivity contribution in [2.75, 3.05) is 24.6 Å². The Morgan fingerprint density at radius 1 is 1.40 bits per heavy atom. The SMILES string of the molecule is Cc1ccc(N)cc1NC(=O)C(C)N(C)CC(C)(C)C. The zero-order valence-corrected chi connectivity index (χ0v) is 13.4. The molecule has 0 fully saturated rings. The number of nitrogens with zero attached hydrogens (tertiary/aromatic N) is 1. The van der Waals surface area contributed by atoms with Crippen molar-refractivity contribution in [1.82, 2.24) is 4.90 Å². The molecule has 0 aromatic heterocycles. The van der Waals surface area contributed by atoms with E-state index in [4.69, 9.17) is 5.73 Å². The highest BCUT2D eigenvalue weighted by atomic mass is 16.2. The van der Waals surface area contributed by atoms with Gasteiger partial charge in [0.15, 0.2) is 0 Å². The van der Waals surface area contributed by atoms with Gasteiger partial charge < -0.3 is 11.1 Å². The molecule has 1 rings (SSSR count). The van der Waals surface area contributed by atoms with Crippen LogP contribution in [0.25, 0.3) is 0 Å². The molecule has 0 aliphatic rings. The zero-order chi connectivity index (χ0) is 15.5. The molecule has 20 heavy (non-hydrogen) atoms. The predicted octanol–water partition coefficient (Wildman–Crippen LogP) is 2.88. The topological polar surface area (TPSA) is 58.4 Å². The quantitative estimate of drug-likeness (QED) is 0.832. The molecular weight excluding hydrogens is 250 g/mol. The van der Waals surface area contributed by atoms with Gasteiger partial charge in [-0.05, 0) is 44.0 Å². The maximum atomic E-state index is 12.3. The monoisotopic (exact) mass is 277 g/mol. The third-order valence-electron chi connectivity index (χ3n) is 3.28. The van der Waals surface area contributed by atoms with Gasteiger partial charge in [0.2, 0.25) is 5.91 Å². The van der Waals surface area contributed by atoms with E-state index in [0.29, 0.717) is 5.69 Å². The van der Waals surface area contributed by atoms with Crippen LogP contribution in [0.15, 0.2) is 18.2 Å². The van der Waals surface area contributed by atoms with Gasteiger partial charge in [-0.1, -0.05) is 26.8 Å². The summed E-state index contributed by atoms with van der Waals surface area (Å²) >= 11 is 0. The molecule has 1 aromatic rings. The predicted molar refractivity (Wildman–Crippen MR) is 85.8 cm³/mol. The number of amides is 1. The van der Waals surface area contributed by atoms with Crippen LogP contribution in [-0.4, -0.2) is 30.4 Å². The van der Waals surface area contributed by atoms with Crippen LogP contribution in [0.3, 0.4) is 0 Å². The van der Waals surface area contributed by atoms with Gasteiger partial charge in [-0.15, -0.1) is 0 Å². The summed E-state index contributed by atoms with van der Waals surface area (Å²) in [5.41, 5.74) is 8.37. The van der Waals surface area contributed by atoms with Gasteiger partial charge in [0, 0.05) is 17.9 Å². The third-order valence-corrected chi connectivity index (χ3v) is 3.28. The Morgan fingerprint density at radius 2 is 2.00 bits per heavy atom. The number of nitrogens with two attached hydrogens (primary N) is 1. The van der Waals surface area contributed by atoms with Gasteiger partial charge in [-0.2, -0.15) is 0 Å². The van der Waals surface area contributed by atoms with E-state index in [-0.39, 0.29) is 17.4 Å². The highest BCUT2D eigenvalue weighted by Crippen LogP contribution is 2.20. The molecule has 0 bridgehead atoms. The van der Waals surface area contributed by atoms with Gasteiger partial charge in [0.1, 0.15) is 0 Å². The Morgan fingerprint density at radius 3 is 2.55 bits per heavy atom. The fourth-order valence-corrected chi connectivity index (χ4v) is 2.10. The molecule has 112 valence electrons. The van der Waals surface area contributed by atoms with E-state index < -0.39 is 0 Å². The first-order valence-electron chi connectivity index (χ1n) is 6.97. The number of aryl methyl sites for hydroxylation is 1. The molecule has 1 atom stereocenters. The fraction of sp³-hybridized carbons (Fsp3) is 0.562. The first kappa shape index (κ1) is 16.5. The summed E-state index contributed by atoms with van der Waals surface area (Å²) in [7, 11) is 1.97. The van der Waals surface area contributed by atoms with Crippen molar-refractivity contribution in [1.29, 1.82) is 0 Å². The van der Waals surface area contributed by atoms with E-state index in [2.05, 4.69) is 31.0 Å². The van der Waals surface area contributed by atoms with E-state index in [9.17, 15) is 4.79 Å². The Labute approximate surface area is 122 Å². The zero-order valence-electron chi connectivity index (χ0n) is 13.4. The molecule has 0 heterocycles. The number of benzene rings is 1. The Hall–Kier alpha value is -1.55. The Balaban J connectivity index is 2.73. The van der Waals surface area contributed by atoms with Crippen LogP contribution < -0.4 is 11.1 Å². The molecule has 3 N–H and O–H groups in total. The summed E-state index contributed by atoms with van der Waals surface area (Å²) in [4.78, 5) is 14.4. The van der Waals surface area contributed by atoms with Gasteiger partial charge in [-0.3, -0.25) is 9.69 Å². The molecule has 1 unspecified atom stereocenters. The maximum Gasteiger partial charge on any atom is 0.241 e. The van der Waals surface area contributed by atoms with Crippen LogP contribution >= 0.6 is 0 Å². The first-order chi connectivity index (χ1) is 9.10. The lowest BCUT2D eigenvalue weighted by atomic mass is 9.95. The first-order valence-corrected chi connectivity index (χ1v) is 6.97. The molecule has 1 amide bonds. The van der Waals surface area contributed by atoms with Gasteiger partial charge >= 0.3 is 0 Å². The average Bonchev–Trinajstić information content (AvgIpc) is 2.30. The van der Waals surface area contributed by atoms with Crippen LogP contribution in [-0.2, 0) is 4.79 Å². The summed E-state index contributed by atoms with van der Waals surface area (Å²) in [5, 5.41) is 2.96. The molecule has 0 spiro atoms. The minimum Gasteiger partial charge on any atom is -0.399 e. The average molecular weight is 277 g/mol. The number of hydrogen-bond acceptors (Lipinski definition) is 3. The summed E-state index contributed by atoms with van der Waals surface area (Å²) in [6, 6.07) is 5.35. The summed E-state index contributed by atoms with van der Waals surface area (Å²) < 4.78 is 0. The van der Waals surface area contributed by atoms with Crippen molar-refractivity contribution >= 4 is 17.3 Å². The van der Waals surface area contributed by atoms with Crippen molar-refractivity contribution in [3.8, 4) is 0 Å². The molecule has 0 radical (unpaired) electrons. The summed E-state index contributed by atoms with van der Waals surface area (Å²) in [6.45, 7) is 11.2. The van der Waals surface area contributed by atoms with Crippen molar-refractivity contribution in [2.24, 2.45) is 5.41 Å². The number of likely N-dealkylation sites (N-methyl/N-ethyl adjacent to an activating group) is 1. The Bertz CT molecular complexity index is 477. The van der Waals surface area contributed by atoms with Gasteiger partial charge in [-0.25, -0.2) is 0 Å². The lowest BCUT2D eigenvalue weighted by molar-refractivity contribution is -0.120. The number of hydrogen-bond donors (Lipinski definition) is 2. The van der Waals surface area contributed by atoms with Crippen molar-refractivity contribution in [2.45, 2.75) is 40.7 Å². The van der Waals surface area contributed by atoms with Crippen LogP contribution in [0.1, 0.15) is 33.3 Å². The largest absolute Gasteiger partial charge is 0.399 e. The fourth-order valence-electron chi connectivity index (χ4n) is 2.10. The highest BCUT2D eigenvalue weighted by Gasteiger charge is 2.22. The molecule has 1 aromatic carbocycles. The van der Waals surface area contributed by atoms with Crippen LogP contribution in [0.2, 0.25) is 0 Å². The summed E-state index contributed by atoms with van der Waals surface area (Å²) in [5.74, 6) is -0.00884. The van der Waals surface area contributed by atoms with E-state index in [1.165, 1.54) is 0 Å². The van der Waals surface area contributed by atoms with Crippen molar-refractivity contribution in [3.63, 3.8) is 0 Å². The minimum absolute atomic E-state index is 0.00884. The summed E-state index contributed by atoms with van der Waals surface area (Å²) in [6.07, 6.45) is 0. The lowest BCUT2D eigenvalue weighted by Crippen LogP contribution is -2.43. The lowest BCUT2D eigenvalue weighted by Gasteiger charge is -2.30. The van der Waals surface area contributed by atoms with E-state index in [1.54, 1.807) is 6.07 Å². The second-order valence-corrected chi connectivity index (χ2v) is 6.72. The van der Waals surface area contributed by atoms with Crippen LogP contribution in [0, 0.1) is 12.3 Å². The standard InChI is InChI=1S/C16H27N3O/c1-11-7-8-13(17)9-14(11)18-15(20)12(2)19(6)10-16(3,4)5/h7-9,12H,10,17H2,1-6H3,(H,18,20). The Kier molecular flexibility index (Phi) is 5.17. The van der Waals surface area contributed by atoms with Gasteiger partial charge in [0.25, 0.3) is 0 Å². The second-order valence-electron chi connectivity index (χ2n) is 6.72. The van der Waals surface area contributed by atoms with Crippen molar-refractivity contribution in [3.05, 3.63) is 23.8 Å². The number of carbonyl (C=O) groups is 1. The number of rotatable bonds is 4. The second kappa shape index (κ2) is 6.27. The molecular formula is C16H27N3O. The van der Waals surface area contributed by atoms with Crippen LogP contribution in [0.5, 0.6) is 0 Å². The molecule has 4 heteroatoms. The highest BCUT2D eigenvalue weighted by molar-refractivity contribution is 5.95. The number of carbonyl (C=O) groups excluding carboxylic acids is 1. The smallest absolute Gasteiger partial charge is 0.241 e.